The number of aromatic nitrogens is 1. The van der Waals surface area contributed by atoms with E-state index in [1.165, 1.54) is 37.9 Å². The van der Waals surface area contributed by atoms with Gasteiger partial charge in [0.15, 0.2) is 5.96 Å². The summed E-state index contributed by atoms with van der Waals surface area (Å²) >= 11 is 0. The van der Waals surface area contributed by atoms with Crippen molar-refractivity contribution in [1.29, 1.82) is 0 Å². The summed E-state index contributed by atoms with van der Waals surface area (Å²) in [6, 6.07) is 5.12. The lowest BCUT2D eigenvalue weighted by Gasteiger charge is -2.24. The van der Waals surface area contributed by atoms with Crippen LogP contribution < -0.4 is 5.32 Å². The molecule has 0 amide bonds. The molecule has 24 heavy (non-hydrogen) atoms. The monoisotopic (exact) mass is 331 g/mol. The first-order valence-electron chi connectivity index (χ1n) is 9.51. The Hall–Kier alpha value is -1.49. The van der Waals surface area contributed by atoms with Crippen LogP contribution in [0.2, 0.25) is 0 Å². The van der Waals surface area contributed by atoms with E-state index in [-0.39, 0.29) is 0 Å². The number of aryl methyl sites for hydroxylation is 1. The molecule has 0 aromatic carbocycles. The normalized spacial score (nSPS) is 18.2. The Bertz CT molecular complexity index is 542. The van der Waals surface area contributed by atoms with Gasteiger partial charge in [-0.25, -0.2) is 0 Å². The van der Waals surface area contributed by atoms with E-state index in [1.807, 2.05) is 0 Å². The summed E-state index contributed by atoms with van der Waals surface area (Å²) in [6.07, 6.45) is 7.76. The maximum Gasteiger partial charge on any atom is 0.194 e. The lowest BCUT2D eigenvalue weighted by Crippen LogP contribution is -2.39. The van der Waals surface area contributed by atoms with E-state index in [9.17, 15) is 0 Å². The van der Waals surface area contributed by atoms with Gasteiger partial charge in [-0.3, -0.25) is 9.89 Å². The number of rotatable bonds is 9. The smallest absolute Gasteiger partial charge is 0.194 e. The Morgan fingerprint density at radius 3 is 2.71 bits per heavy atom. The van der Waals surface area contributed by atoms with Gasteiger partial charge in [-0.2, -0.15) is 0 Å². The van der Waals surface area contributed by atoms with Crippen LogP contribution in [0.25, 0.3) is 0 Å². The van der Waals surface area contributed by atoms with Gasteiger partial charge in [0.1, 0.15) is 0 Å². The zero-order chi connectivity index (χ0) is 16.9. The second kappa shape index (κ2) is 8.06. The largest absolute Gasteiger partial charge is 0.357 e. The maximum absolute atomic E-state index is 4.88. The molecule has 0 saturated heterocycles. The van der Waals surface area contributed by atoms with Gasteiger partial charge in [-0.05, 0) is 50.7 Å². The second-order valence-electron chi connectivity index (χ2n) is 7.37. The fourth-order valence-corrected chi connectivity index (χ4v) is 3.23. The summed E-state index contributed by atoms with van der Waals surface area (Å²) in [4.78, 5) is 9.79. The summed E-state index contributed by atoms with van der Waals surface area (Å²) in [5, 5.41) is 3.43. The molecule has 2 fully saturated rings. The van der Waals surface area contributed by atoms with Crippen LogP contribution in [0.1, 0.15) is 38.3 Å². The van der Waals surface area contributed by atoms with Crippen LogP contribution in [0.4, 0.5) is 0 Å². The van der Waals surface area contributed by atoms with Gasteiger partial charge in [-0.1, -0.05) is 0 Å². The molecule has 1 heterocycles. The van der Waals surface area contributed by atoms with Crippen molar-refractivity contribution in [3.8, 4) is 0 Å². The minimum absolute atomic E-state index is 0.851. The minimum Gasteiger partial charge on any atom is -0.357 e. The third-order valence-corrected chi connectivity index (χ3v) is 5.05. The Labute approximate surface area is 146 Å². The molecule has 1 N–H and O–H groups in total. The Morgan fingerprint density at radius 1 is 1.33 bits per heavy atom. The topological polar surface area (TPSA) is 35.8 Å². The molecule has 1 aromatic rings. The van der Waals surface area contributed by atoms with Crippen molar-refractivity contribution in [2.24, 2.45) is 18.0 Å². The molecule has 1 aromatic heterocycles. The Morgan fingerprint density at radius 2 is 2.12 bits per heavy atom. The van der Waals surface area contributed by atoms with Crippen LogP contribution in [0.3, 0.4) is 0 Å². The van der Waals surface area contributed by atoms with Crippen molar-refractivity contribution < 1.29 is 0 Å². The highest BCUT2D eigenvalue weighted by atomic mass is 15.3. The molecule has 0 radical (unpaired) electrons. The van der Waals surface area contributed by atoms with E-state index in [0.29, 0.717) is 0 Å². The van der Waals surface area contributed by atoms with Crippen LogP contribution in [0.5, 0.6) is 0 Å². The summed E-state index contributed by atoms with van der Waals surface area (Å²) in [7, 11) is 4.22. The fourth-order valence-electron chi connectivity index (χ4n) is 3.23. The van der Waals surface area contributed by atoms with E-state index in [1.54, 1.807) is 0 Å². The molecular formula is C19H33N5. The number of guanidine groups is 1. The first-order valence-corrected chi connectivity index (χ1v) is 9.51. The summed E-state index contributed by atoms with van der Waals surface area (Å²) in [5.74, 6) is 1.99. The minimum atomic E-state index is 0.851. The van der Waals surface area contributed by atoms with Crippen molar-refractivity contribution in [1.82, 2.24) is 19.7 Å². The van der Waals surface area contributed by atoms with Crippen molar-refractivity contribution >= 4 is 5.96 Å². The molecule has 0 spiro atoms. The summed E-state index contributed by atoms with van der Waals surface area (Å²) in [6.45, 7) is 7.22. The number of nitrogens with zero attached hydrogens (tertiary/aromatic N) is 4. The Kier molecular flexibility index (Phi) is 5.82. The van der Waals surface area contributed by atoms with Gasteiger partial charge in [0.2, 0.25) is 0 Å². The molecule has 2 aliphatic rings. The average Bonchev–Trinajstić information content (AvgIpc) is 3.46. The summed E-state index contributed by atoms with van der Waals surface area (Å²) in [5.41, 5.74) is 1.30. The number of nitrogens with one attached hydrogen (secondary N) is 1. The number of hydrogen-bond acceptors (Lipinski definition) is 2. The van der Waals surface area contributed by atoms with Gasteiger partial charge in [-0.15, -0.1) is 0 Å². The number of aliphatic imine (C=N–C) groups is 1. The van der Waals surface area contributed by atoms with Gasteiger partial charge >= 0.3 is 0 Å². The quantitative estimate of drug-likeness (QED) is 0.557. The lowest BCUT2D eigenvalue weighted by molar-refractivity contribution is 0.259. The Balaban J connectivity index is 1.52. The molecule has 5 nitrogen and oxygen atoms in total. The molecule has 134 valence electrons. The predicted octanol–water partition coefficient (Wildman–Crippen LogP) is 2.30. The highest BCUT2D eigenvalue weighted by Gasteiger charge is 2.33. The SMILES string of the molecule is CCNC(=NCCN(CC1CC1)C1CC1)N(C)Cc1cccn1C. The highest BCUT2D eigenvalue weighted by molar-refractivity contribution is 5.79. The van der Waals surface area contributed by atoms with Crippen LogP contribution in [0, 0.1) is 5.92 Å². The molecular weight excluding hydrogens is 298 g/mol. The molecule has 0 aliphatic heterocycles. The van der Waals surface area contributed by atoms with E-state index < -0.39 is 0 Å². The van der Waals surface area contributed by atoms with Gasteiger partial charge < -0.3 is 14.8 Å². The van der Waals surface area contributed by atoms with Gasteiger partial charge in [0.05, 0.1) is 13.1 Å². The second-order valence-corrected chi connectivity index (χ2v) is 7.37. The predicted molar refractivity (Wildman–Crippen MR) is 100 cm³/mol. The first-order chi connectivity index (χ1) is 11.7. The molecule has 0 bridgehead atoms. The zero-order valence-electron chi connectivity index (χ0n) is 15.5. The van der Waals surface area contributed by atoms with E-state index in [0.717, 1.165) is 44.1 Å². The first kappa shape index (κ1) is 17.3. The molecule has 2 aliphatic carbocycles. The standard InChI is InChI=1S/C19H33N5/c1-4-20-19(23(3)15-18-6-5-12-22(18)2)21-11-13-24(17-9-10-17)14-16-7-8-16/h5-6,12,16-17H,4,7-11,13-15H2,1-3H3,(H,20,21). The van der Waals surface area contributed by atoms with E-state index >= 15 is 0 Å². The van der Waals surface area contributed by atoms with Crippen molar-refractivity contribution in [2.45, 2.75) is 45.2 Å². The molecule has 0 atom stereocenters. The zero-order valence-corrected chi connectivity index (χ0v) is 15.5. The van der Waals surface area contributed by atoms with Crippen molar-refractivity contribution in [3.63, 3.8) is 0 Å². The van der Waals surface area contributed by atoms with Gasteiger partial charge in [0, 0.05) is 51.7 Å². The van der Waals surface area contributed by atoms with Crippen LogP contribution in [-0.4, -0.2) is 59.6 Å². The van der Waals surface area contributed by atoms with Crippen LogP contribution >= 0.6 is 0 Å². The van der Waals surface area contributed by atoms with E-state index in [2.05, 4.69) is 59.0 Å². The van der Waals surface area contributed by atoms with Crippen molar-refractivity contribution in [2.75, 3.05) is 33.2 Å². The molecule has 3 rings (SSSR count). The summed E-state index contributed by atoms with van der Waals surface area (Å²) < 4.78 is 2.17. The van der Waals surface area contributed by atoms with Gasteiger partial charge in [0.25, 0.3) is 0 Å². The van der Waals surface area contributed by atoms with E-state index in [4.69, 9.17) is 4.99 Å². The lowest BCUT2D eigenvalue weighted by atomic mass is 10.3. The van der Waals surface area contributed by atoms with Crippen LogP contribution in [-0.2, 0) is 13.6 Å². The maximum atomic E-state index is 4.88. The fraction of sp³-hybridized carbons (Fsp3) is 0.737. The average molecular weight is 332 g/mol. The van der Waals surface area contributed by atoms with Crippen molar-refractivity contribution in [3.05, 3.63) is 24.0 Å². The molecule has 5 heteroatoms. The van der Waals surface area contributed by atoms with Crippen LogP contribution in [0.15, 0.2) is 23.3 Å². The molecule has 0 unspecified atom stereocenters. The third-order valence-electron chi connectivity index (χ3n) is 5.05. The molecule has 2 saturated carbocycles. The highest BCUT2D eigenvalue weighted by Crippen LogP contribution is 2.34. The number of hydrogen-bond donors (Lipinski definition) is 1. The third kappa shape index (κ3) is 5.00.